The Morgan fingerprint density at radius 1 is 0.905 bits per heavy atom. The van der Waals surface area contributed by atoms with Gasteiger partial charge in [0, 0.05) is 14.5 Å². The molecule has 3 aromatic rings. The molecule has 3 rings (SSSR count). The fraction of sp³-hybridized carbons (Fsp3) is 0. The van der Waals surface area contributed by atoms with Crippen molar-refractivity contribution in [3.05, 3.63) is 75.2 Å². The lowest BCUT2D eigenvalue weighted by Gasteiger charge is -2.10. The number of hydrogen-bond donors (Lipinski definition) is 1. The zero-order valence-electron chi connectivity index (χ0n) is 10.9. The van der Waals surface area contributed by atoms with Crippen LogP contribution in [0.2, 0.25) is 0 Å². The second-order valence-electron chi connectivity index (χ2n) is 4.61. The maximum atomic E-state index is 12.5. The van der Waals surface area contributed by atoms with E-state index in [4.69, 9.17) is 0 Å². The number of benzene rings is 3. The number of hydrogen-bond acceptors (Lipinski definition) is 1. The molecule has 0 aliphatic heterocycles. The molecule has 0 bridgehead atoms. The van der Waals surface area contributed by atoms with E-state index in [1.807, 2.05) is 60.7 Å². The van der Waals surface area contributed by atoms with E-state index in [1.54, 1.807) is 0 Å². The lowest BCUT2D eigenvalue weighted by atomic mass is 10.0. The molecule has 104 valence electrons. The quantitative estimate of drug-likeness (QED) is 0.590. The second kappa shape index (κ2) is 6.00. The zero-order valence-corrected chi connectivity index (χ0v) is 14.1. The van der Waals surface area contributed by atoms with Gasteiger partial charge in [-0.05, 0) is 51.0 Å². The van der Waals surface area contributed by atoms with E-state index in [2.05, 4.69) is 37.2 Å². The number of anilines is 1. The van der Waals surface area contributed by atoms with Gasteiger partial charge in [0.15, 0.2) is 0 Å². The third-order valence-corrected chi connectivity index (χ3v) is 4.36. The van der Waals surface area contributed by atoms with Crippen molar-refractivity contribution in [1.82, 2.24) is 0 Å². The summed E-state index contributed by atoms with van der Waals surface area (Å²) >= 11 is 6.85. The second-order valence-corrected chi connectivity index (χ2v) is 6.38. The van der Waals surface area contributed by atoms with E-state index < -0.39 is 0 Å². The van der Waals surface area contributed by atoms with Crippen molar-refractivity contribution in [2.24, 2.45) is 0 Å². The summed E-state index contributed by atoms with van der Waals surface area (Å²) < 4.78 is 1.79. The molecule has 21 heavy (non-hydrogen) atoms. The average molecular weight is 405 g/mol. The molecule has 1 amide bonds. The van der Waals surface area contributed by atoms with Crippen LogP contribution in [0.3, 0.4) is 0 Å². The third-order valence-electron chi connectivity index (χ3n) is 3.21. The van der Waals surface area contributed by atoms with Crippen LogP contribution < -0.4 is 5.32 Å². The Morgan fingerprint density at radius 3 is 2.48 bits per heavy atom. The molecule has 0 heterocycles. The normalized spacial score (nSPS) is 10.6. The van der Waals surface area contributed by atoms with Crippen LogP contribution in [0.25, 0.3) is 10.8 Å². The molecule has 0 unspecified atom stereocenters. The van der Waals surface area contributed by atoms with Gasteiger partial charge in [0.2, 0.25) is 0 Å². The van der Waals surface area contributed by atoms with Gasteiger partial charge in [0.05, 0.1) is 5.69 Å². The molecule has 0 radical (unpaired) electrons. The molecule has 1 N–H and O–H groups in total. The molecule has 0 aliphatic rings. The number of nitrogens with one attached hydrogen (secondary N) is 1. The SMILES string of the molecule is O=C(Nc1ccc(Br)cc1Br)c1cccc2ccccc12. The molecule has 0 fully saturated rings. The highest BCUT2D eigenvalue weighted by molar-refractivity contribution is 9.11. The van der Waals surface area contributed by atoms with Gasteiger partial charge in [-0.25, -0.2) is 0 Å². The Balaban J connectivity index is 1.97. The lowest BCUT2D eigenvalue weighted by molar-refractivity contribution is 0.102. The van der Waals surface area contributed by atoms with Crippen molar-refractivity contribution >= 4 is 54.2 Å². The highest BCUT2D eigenvalue weighted by Crippen LogP contribution is 2.27. The number of amides is 1. The topological polar surface area (TPSA) is 29.1 Å². The van der Waals surface area contributed by atoms with Crippen molar-refractivity contribution in [3.8, 4) is 0 Å². The Bertz CT molecular complexity index is 825. The van der Waals surface area contributed by atoms with Gasteiger partial charge in [-0.1, -0.05) is 52.3 Å². The molecular weight excluding hydrogens is 394 g/mol. The Hall–Kier alpha value is -1.65. The van der Waals surface area contributed by atoms with Gasteiger partial charge in [0.25, 0.3) is 5.91 Å². The summed E-state index contributed by atoms with van der Waals surface area (Å²) in [6.07, 6.45) is 0. The largest absolute Gasteiger partial charge is 0.321 e. The summed E-state index contributed by atoms with van der Waals surface area (Å²) in [4.78, 5) is 12.5. The molecule has 0 saturated heterocycles. The Kier molecular flexibility index (Phi) is 4.08. The summed E-state index contributed by atoms with van der Waals surface area (Å²) in [5, 5.41) is 4.94. The molecule has 0 aliphatic carbocycles. The average Bonchev–Trinajstić information content (AvgIpc) is 2.49. The Morgan fingerprint density at radius 2 is 1.67 bits per heavy atom. The van der Waals surface area contributed by atoms with Crippen LogP contribution in [0.1, 0.15) is 10.4 Å². The fourth-order valence-electron chi connectivity index (χ4n) is 2.20. The number of rotatable bonds is 2. The van der Waals surface area contributed by atoms with Crippen LogP contribution in [-0.4, -0.2) is 5.91 Å². The first-order chi connectivity index (χ1) is 10.1. The number of carbonyl (C=O) groups excluding carboxylic acids is 1. The molecule has 3 aromatic carbocycles. The fourth-order valence-corrected chi connectivity index (χ4v) is 3.35. The van der Waals surface area contributed by atoms with E-state index in [9.17, 15) is 4.79 Å². The summed E-state index contributed by atoms with van der Waals surface area (Å²) in [6, 6.07) is 19.3. The lowest BCUT2D eigenvalue weighted by Crippen LogP contribution is -2.12. The monoisotopic (exact) mass is 403 g/mol. The minimum atomic E-state index is -0.116. The van der Waals surface area contributed by atoms with Gasteiger partial charge in [-0.15, -0.1) is 0 Å². The molecule has 0 saturated carbocycles. The van der Waals surface area contributed by atoms with Gasteiger partial charge in [0.1, 0.15) is 0 Å². The summed E-state index contributed by atoms with van der Waals surface area (Å²) in [7, 11) is 0. The molecule has 0 aromatic heterocycles. The van der Waals surface area contributed by atoms with Gasteiger partial charge >= 0.3 is 0 Å². The van der Waals surface area contributed by atoms with Crippen LogP contribution in [-0.2, 0) is 0 Å². The Labute approximate surface area is 139 Å². The molecule has 0 atom stereocenters. The van der Waals surface area contributed by atoms with E-state index >= 15 is 0 Å². The van der Waals surface area contributed by atoms with E-state index in [0.717, 1.165) is 25.4 Å². The first-order valence-corrected chi connectivity index (χ1v) is 7.98. The van der Waals surface area contributed by atoms with Crippen molar-refractivity contribution in [2.45, 2.75) is 0 Å². The minimum Gasteiger partial charge on any atom is -0.321 e. The molecular formula is C17H11Br2NO. The smallest absolute Gasteiger partial charge is 0.256 e. The van der Waals surface area contributed by atoms with Crippen molar-refractivity contribution in [2.75, 3.05) is 5.32 Å². The van der Waals surface area contributed by atoms with Crippen LogP contribution >= 0.6 is 31.9 Å². The van der Waals surface area contributed by atoms with Crippen LogP contribution in [0.4, 0.5) is 5.69 Å². The van der Waals surface area contributed by atoms with E-state index in [-0.39, 0.29) is 5.91 Å². The van der Waals surface area contributed by atoms with Crippen LogP contribution in [0.15, 0.2) is 69.6 Å². The van der Waals surface area contributed by atoms with Crippen molar-refractivity contribution in [1.29, 1.82) is 0 Å². The first-order valence-electron chi connectivity index (χ1n) is 6.39. The maximum Gasteiger partial charge on any atom is 0.256 e. The first kappa shape index (κ1) is 14.3. The number of carbonyl (C=O) groups is 1. The zero-order chi connectivity index (χ0) is 14.8. The molecule has 0 spiro atoms. The highest BCUT2D eigenvalue weighted by Gasteiger charge is 2.11. The molecule has 4 heteroatoms. The van der Waals surface area contributed by atoms with Gasteiger partial charge < -0.3 is 5.32 Å². The van der Waals surface area contributed by atoms with Crippen LogP contribution in [0, 0.1) is 0 Å². The highest BCUT2D eigenvalue weighted by atomic mass is 79.9. The molecule has 2 nitrogen and oxygen atoms in total. The summed E-state index contributed by atoms with van der Waals surface area (Å²) in [5.41, 5.74) is 1.42. The number of fused-ring (bicyclic) bond motifs is 1. The summed E-state index contributed by atoms with van der Waals surface area (Å²) in [6.45, 7) is 0. The van der Waals surface area contributed by atoms with Crippen molar-refractivity contribution in [3.63, 3.8) is 0 Å². The minimum absolute atomic E-state index is 0.116. The maximum absolute atomic E-state index is 12.5. The van der Waals surface area contributed by atoms with E-state index in [1.165, 1.54) is 0 Å². The third kappa shape index (κ3) is 3.01. The van der Waals surface area contributed by atoms with Gasteiger partial charge in [-0.3, -0.25) is 4.79 Å². The predicted molar refractivity (Wildman–Crippen MR) is 93.7 cm³/mol. The van der Waals surface area contributed by atoms with Crippen LogP contribution in [0.5, 0.6) is 0 Å². The summed E-state index contributed by atoms with van der Waals surface area (Å²) in [5.74, 6) is -0.116. The number of halogens is 2. The van der Waals surface area contributed by atoms with Crippen molar-refractivity contribution < 1.29 is 4.79 Å². The van der Waals surface area contributed by atoms with Gasteiger partial charge in [-0.2, -0.15) is 0 Å². The predicted octanol–water partition coefficient (Wildman–Crippen LogP) is 5.62. The van der Waals surface area contributed by atoms with E-state index in [0.29, 0.717) is 5.56 Å². The standard InChI is InChI=1S/C17H11Br2NO/c18-12-8-9-16(15(19)10-12)20-17(21)14-7-3-5-11-4-1-2-6-13(11)14/h1-10H,(H,20,21).